The predicted octanol–water partition coefficient (Wildman–Crippen LogP) is 1.14. The third kappa shape index (κ3) is 2.56. The highest BCUT2D eigenvalue weighted by Crippen LogP contribution is 2.26. The maximum atomic E-state index is 11.9. The molecule has 0 aliphatic carbocycles. The second-order valence-corrected chi connectivity index (χ2v) is 6.35. The minimum atomic E-state index is -0.440. The van der Waals surface area contributed by atoms with Crippen LogP contribution < -0.4 is 11.2 Å². The van der Waals surface area contributed by atoms with Crippen LogP contribution in [-0.2, 0) is 0 Å². The fourth-order valence-corrected chi connectivity index (χ4v) is 3.34. The van der Waals surface area contributed by atoms with Gasteiger partial charge in [0, 0.05) is 17.6 Å². The third-order valence-electron chi connectivity index (χ3n) is 4.72. The van der Waals surface area contributed by atoms with E-state index in [2.05, 4.69) is 26.7 Å². The molecule has 0 radical (unpaired) electrons. The number of likely N-dealkylation sites (tertiary alicyclic amines) is 1. The molecule has 1 saturated heterocycles. The van der Waals surface area contributed by atoms with E-state index in [1.165, 1.54) is 16.8 Å². The lowest BCUT2D eigenvalue weighted by Gasteiger charge is -2.29. The number of piperidine rings is 1. The summed E-state index contributed by atoms with van der Waals surface area (Å²) >= 11 is 0. The van der Waals surface area contributed by atoms with E-state index in [-0.39, 0.29) is 0 Å². The summed E-state index contributed by atoms with van der Waals surface area (Å²) < 4.78 is 3.52. The monoisotopic (exact) mass is 325 g/mol. The standard InChI is InChI=1S/C17H19N5O2/c1-20-7-4-13(5-8-20)22-15-3-2-14(10-12(15)11-18-22)21-9-6-16(23)19-17(21)24/h2-3,6,9-11,13H,4-5,7-8H2,1H3,(H,19,23,24). The summed E-state index contributed by atoms with van der Waals surface area (Å²) in [4.78, 5) is 27.8. The zero-order chi connectivity index (χ0) is 16.7. The zero-order valence-electron chi connectivity index (χ0n) is 13.5. The molecule has 24 heavy (non-hydrogen) atoms. The number of benzene rings is 1. The van der Waals surface area contributed by atoms with E-state index in [0.29, 0.717) is 11.7 Å². The molecule has 1 fully saturated rings. The highest BCUT2D eigenvalue weighted by atomic mass is 16.2. The summed E-state index contributed by atoms with van der Waals surface area (Å²) in [6.07, 6.45) is 5.51. The largest absolute Gasteiger partial charge is 0.332 e. The van der Waals surface area contributed by atoms with Gasteiger partial charge in [-0.3, -0.25) is 19.0 Å². The highest BCUT2D eigenvalue weighted by Gasteiger charge is 2.20. The maximum Gasteiger partial charge on any atom is 0.332 e. The fraction of sp³-hybridized carbons (Fsp3) is 0.353. The van der Waals surface area contributed by atoms with Gasteiger partial charge in [0.15, 0.2) is 0 Å². The van der Waals surface area contributed by atoms with Crippen LogP contribution in [0.15, 0.2) is 46.2 Å². The second kappa shape index (κ2) is 5.76. The number of aromatic nitrogens is 4. The van der Waals surface area contributed by atoms with Gasteiger partial charge in [-0.15, -0.1) is 0 Å². The van der Waals surface area contributed by atoms with Crippen LogP contribution in [0.2, 0.25) is 0 Å². The molecule has 2 aromatic heterocycles. The van der Waals surface area contributed by atoms with Crippen molar-refractivity contribution < 1.29 is 0 Å². The van der Waals surface area contributed by atoms with Gasteiger partial charge >= 0.3 is 5.69 Å². The first-order chi connectivity index (χ1) is 11.6. The Morgan fingerprint density at radius 3 is 2.71 bits per heavy atom. The SMILES string of the molecule is CN1CCC(n2ncc3cc(-n4ccc(=O)[nH]c4=O)ccc32)CC1. The Morgan fingerprint density at radius 2 is 1.96 bits per heavy atom. The van der Waals surface area contributed by atoms with Crippen molar-refractivity contribution in [1.29, 1.82) is 0 Å². The lowest BCUT2D eigenvalue weighted by atomic mass is 10.1. The van der Waals surface area contributed by atoms with Crippen molar-refractivity contribution in [3.8, 4) is 5.69 Å². The van der Waals surface area contributed by atoms with Crippen molar-refractivity contribution >= 4 is 10.9 Å². The minimum Gasteiger partial charge on any atom is -0.306 e. The molecule has 3 heterocycles. The highest BCUT2D eigenvalue weighted by molar-refractivity contribution is 5.81. The van der Waals surface area contributed by atoms with Crippen LogP contribution in [0.4, 0.5) is 0 Å². The predicted molar refractivity (Wildman–Crippen MR) is 91.7 cm³/mol. The van der Waals surface area contributed by atoms with Gasteiger partial charge < -0.3 is 4.90 Å². The number of fused-ring (bicyclic) bond motifs is 1. The summed E-state index contributed by atoms with van der Waals surface area (Å²) in [5.41, 5.74) is 0.953. The number of nitrogens with zero attached hydrogens (tertiary/aromatic N) is 4. The molecular formula is C17H19N5O2. The van der Waals surface area contributed by atoms with Gasteiger partial charge in [0.25, 0.3) is 5.56 Å². The Kier molecular flexibility index (Phi) is 3.57. The van der Waals surface area contributed by atoms with E-state index < -0.39 is 11.2 Å². The van der Waals surface area contributed by atoms with E-state index in [1.54, 1.807) is 0 Å². The van der Waals surface area contributed by atoms with E-state index in [9.17, 15) is 9.59 Å². The number of hydrogen-bond acceptors (Lipinski definition) is 4. The van der Waals surface area contributed by atoms with Crippen molar-refractivity contribution in [2.75, 3.05) is 20.1 Å². The number of rotatable bonds is 2. The van der Waals surface area contributed by atoms with Crippen LogP contribution in [0, 0.1) is 0 Å². The van der Waals surface area contributed by atoms with Gasteiger partial charge in [-0.1, -0.05) is 0 Å². The van der Waals surface area contributed by atoms with Crippen molar-refractivity contribution in [2.45, 2.75) is 18.9 Å². The number of H-pyrrole nitrogens is 1. The summed E-state index contributed by atoms with van der Waals surface area (Å²) in [7, 11) is 2.14. The molecule has 1 aliphatic rings. The van der Waals surface area contributed by atoms with Gasteiger partial charge in [0.05, 0.1) is 23.4 Å². The molecular weight excluding hydrogens is 306 g/mol. The van der Waals surface area contributed by atoms with Crippen LogP contribution >= 0.6 is 0 Å². The summed E-state index contributed by atoms with van der Waals surface area (Å²) in [6.45, 7) is 2.16. The molecule has 7 nitrogen and oxygen atoms in total. The Balaban J connectivity index is 1.73. The van der Waals surface area contributed by atoms with Crippen LogP contribution in [0.3, 0.4) is 0 Å². The first-order valence-corrected chi connectivity index (χ1v) is 8.10. The number of hydrogen-bond donors (Lipinski definition) is 1. The molecule has 1 aromatic carbocycles. The average molecular weight is 325 g/mol. The minimum absolute atomic E-state index is 0.396. The van der Waals surface area contributed by atoms with Gasteiger partial charge in [0.1, 0.15) is 0 Å². The molecule has 7 heteroatoms. The van der Waals surface area contributed by atoms with E-state index in [0.717, 1.165) is 36.8 Å². The molecule has 3 aromatic rings. The molecule has 0 amide bonds. The number of nitrogens with one attached hydrogen (secondary N) is 1. The van der Waals surface area contributed by atoms with Crippen LogP contribution in [0.25, 0.3) is 16.6 Å². The molecule has 0 atom stereocenters. The average Bonchev–Trinajstić information content (AvgIpc) is 2.99. The lowest BCUT2D eigenvalue weighted by Crippen LogP contribution is -2.31. The third-order valence-corrected chi connectivity index (χ3v) is 4.72. The van der Waals surface area contributed by atoms with E-state index in [4.69, 9.17) is 0 Å². The normalized spacial score (nSPS) is 16.7. The van der Waals surface area contributed by atoms with Gasteiger partial charge in [-0.05, 0) is 51.2 Å². The lowest BCUT2D eigenvalue weighted by molar-refractivity contribution is 0.215. The summed E-state index contributed by atoms with van der Waals surface area (Å²) in [5.74, 6) is 0. The van der Waals surface area contributed by atoms with Crippen molar-refractivity contribution in [2.24, 2.45) is 0 Å². The molecule has 4 rings (SSSR count). The smallest absolute Gasteiger partial charge is 0.306 e. The molecule has 0 unspecified atom stereocenters. The Labute approximate surface area is 138 Å². The van der Waals surface area contributed by atoms with Crippen LogP contribution in [-0.4, -0.2) is 44.4 Å². The molecule has 0 saturated carbocycles. The summed E-state index contributed by atoms with van der Waals surface area (Å²) in [5, 5.41) is 5.56. The van der Waals surface area contributed by atoms with Gasteiger partial charge in [0.2, 0.25) is 0 Å². The first-order valence-electron chi connectivity index (χ1n) is 8.10. The van der Waals surface area contributed by atoms with Crippen molar-refractivity contribution in [3.63, 3.8) is 0 Å². The first kappa shape index (κ1) is 14.9. The molecule has 0 bridgehead atoms. The molecule has 0 spiro atoms. The van der Waals surface area contributed by atoms with Crippen molar-refractivity contribution in [1.82, 2.24) is 24.2 Å². The van der Waals surface area contributed by atoms with Crippen LogP contribution in [0.1, 0.15) is 18.9 Å². The Morgan fingerprint density at radius 1 is 1.17 bits per heavy atom. The van der Waals surface area contributed by atoms with Crippen molar-refractivity contribution in [3.05, 3.63) is 57.5 Å². The second-order valence-electron chi connectivity index (χ2n) is 6.35. The molecule has 1 N–H and O–H groups in total. The van der Waals surface area contributed by atoms with E-state index in [1.807, 2.05) is 24.4 Å². The Bertz CT molecular complexity index is 992. The van der Waals surface area contributed by atoms with Crippen LogP contribution in [0.5, 0.6) is 0 Å². The molecule has 1 aliphatic heterocycles. The zero-order valence-corrected chi connectivity index (χ0v) is 13.5. The van der Waals surface area contributed by atoms with E-state index >= 15 is 0 Å². The van der Waals surface area contributed by atoms with Gasteiger partial charge in [-0.2, -0.15) is 5.10 Å². The number of aromatic amines is 1. The van der Waals surface area contributed by atoms with Gasteiger partial charge in [-0.25, -0.2) is 4.79 Å². The summed E-state index contributed by atoms with van der Waals surface area (Å²) in [6, 6.07) is 7.56. The quantitative estimate of drug-likeness (QED) is 0.767. The maximum absolute atomic E-state index is 11.9. The Hall–Kier alpha value is -2.67. The molecule has 124 valence electrons. The topological polar surface area (TPSA) is 75.9 Å². The fourth-order valence-electron chi connectivity index (χ4n) is 3.34.